The van der Waals surface area contributed by atoms with E-state index in [1.807, 2.05) is 25.0 Å². The van der Waals surface area contributed by atoms with E-state index in [4.69, 9.17) is 0 Å². The van der Waals surface area contributed by atoms with Crippen molar-refractivity contribution in [3.8, 4) is 0 Å². The van der Waals surface area contributed by atoms with Gasteiger partial charge in [0, 0.05) is 0 Å². The molecular weight excluding hydrogens is 159 g/mol. The molecule has 0 fully saturated rings. The van der Waals surface area contributed by atoms with Crippen LogP contribution in [0.5, 0.6) is 0 Å². The Morgan fingerprint density at radius 1 is 1.38 bits per heavy atom. The van der Waals surface area contributed by atoms with Crippen LogP contribution in [0.1, 0.15) is 13.8 Å². The molecule has 0 aliphatic rings. The zero-order valence-corrected chi connectivity index (χ0v) is 8.23. The molecule has 0 spiro atoms. The monoisotopic (exact) mass is 174 g/mol. The van der Waals surface area contributed by atoms with Gasteiger partial charge < -0.3 is 0 Å². The van der Waals surface area contributed by atoms with Gasteiger partial charge in [-0.3, -0.25) is 0 Å². The normalized spacial score (nSPS) is 12.4. The van der Waals surface area contributed by atoms with Crippen molar-refractivity contribution in [2.75, 3.05) is 0 Å². The van der Waals surface area contributed by atoms with E-state index in [0.29, 0.717) is 5.92 Å². The molecule has 68 valence electrons. The molecule has 0 saturated heterocycles. The Kier molecular flexibility index (Phi) is 6.80. The maximum atomic E-state index is 10.3. The molecule has 0 unspecified atom stereocenters. The number of hydrogen-bond acceptors (Lipinski definition) is 1. The average molecular weight is 174 g/mol. The minimum atomic E-state index is 0.374. The molecular formula is C11H15BO. The first-order chi connectivity index (χ1) is 6.22. The molecule has 0 N–H and O–H groups in total. The van der Waals surface area contributed by atoms with Crippen LogP contribution in [0, 0.1) is 5.92 Å². The average Bonchev–Trinajstić information content (AvgIpc) is 2.10. The summed E-state index contributed by atoms with van der Waals surface area (Å²) in [5.74, 6) is 2.27. The van der Waals surface area contributed by atoms with E-state index in [-0.39, 0.29) is 0 Å². The summed E-state index contributed by atoms with van der Waals surface area (Å²) in [5.41, 5.74) is 1.03. The van der Waals surface area contributed by atoms with E-state index in [9.17, 15) is 4.79 Å². The number of aldehydes is 1. The second-order valence-electron chi connectivity index (χ2n) is 2.94. The zero-order valence-electron chi connectivity index (χ0n) is 8.23. The SMILES string of the molecule is C=C\C=C/C=B\C(=C/C=O)C(C)C. The van der Waals surface area contributed by atoms with Crippen LogP contribution in [0.25, 0.3) is 0 Å². The Hall–Kier alpha value is -1.18. The summed E-state index contributed by atoms with van der Waals surface area (Å²) in [5, 5.41) is 0. The van der Waals surface area contributed by atoms with Gasteiger partial charge in [0.1, 0.15) is 0 Å². The standard InChI is InChI=1S/C11H15BO/c1-4-5-6-8-12-11(7-9-13)10(2)3/h4-10H,1H2,2-3H3/b6-5-,11-7-. The summed E-state index contributed by atoms with van der Waals surface area (Å²) in [6.07, 6.45) is 7.84. The van der Waals surface area contributed by atoms with Gasteiger partial charge in [-0.15, -0.1) is 0 Å². The maximum absolute atomic E-state index is 10.3. The number of carbonyl (C=O) groups excluding carboxylic acids is 1. The third-order valence-corrected chi connectivity index (χ3v) is 1.57. The molecule has 0 aromatic heterocycles. The van der Waals surface area contributed by atoms with Crippen LogP contribution in [-0.2, 0) is 4.79 Å². The molecule has 0 aliphatic heterocycles. The Morgan fingerprint density at radius 3 is 2.54 bits per heavy atom. The minimum absolute atomic E-state index is 0.374. The van der Waals surface area contributed by atoms with E-state index in [2.05, 4.69) is 20.4 Å². The molecule has 0 atom stereocenters. The number of hydrogen-bond donors (Lipinski definition) is 0. The van der Waals surface area contributed by atoms with Crippen molar-refractivity contribution in [2.45, 2.75) is 13.8 Å². The van der Waals surface area contributed by atoms with Gasteiger partial charge in [-0.25, -0.2) is 0 Å². The number of allylic oxidation sites excluding steroid dienone is 5. The number of carbonyl (C=O) groups is 1. The van der Waals surface area contributed by atoms with Crippen molar-refractivity contribution in [1.29, 1.82) is 0 Å². The van der Waals surface area contributed by atoms with Crippen LogP contribution in [0.2, 0.25) is 0 Å². The molecule has 0 bridgehead atoms. The van der Waals surface area contributed by atoms with Crippen LogP contribution in [0.3, 0.4) is 0 Å². The number of rotatable bonds is 5. The Balaban J connectivity index is 4.34. The van der Waals surface area contributed by atoms with Gasteiger partial charge in [0.2, 0.25) is 0 Å². The third kappa shape index (κ3) is 6.03. The molecule has 13 heavy (non-hydrogen) atoms. The molecule has 0 aromatic rings. The van der Waals surface area contributed by atoms with Gasteiger partial charge in [0.05, 0.1) is 0 Å². The Morgan fingerprint density at radius 2 is 2.08 bits per heavy atom. The van der Waals surface area contributed by atoms with E-state index < -0.39 is 0 Å². The zero-order chi connectivity index (χ0) is 10.1. The molecule has 0 rings (SSSR count). The molecule has 1 nitrogen and oxygen atoms in total. The molecule has 2 heteroatoms. The molecule has 0 radical (unpaired) electrons. The van der Waals surface area contributed by atoms with Gasteiger partial charge in [0.25, 0.3) is 0 Å². The van der Waals surface area contributed by atoms with Gasteiger partial charge >= 0.3 is 80.1 Å². The fraction of sp³-hybridized carbons (Fsp3) is 0.273. The van der Waals surface area contributed by atoms with E-state index in [1.54, 1.807) is 12.2 Å². The molecule has 0 heterocycles. The van der Waals surface area contributed by atoms with Crippen molar-refractivity contribution in [3.05, 3.63) is 36.4 Å². The second kappa shape index (κ2) is 7.47. The van der Waals surface area contributed by atoms with E-state index in [0.717, 1.165) is 11.8 Å². The van der Waals surface area contributed by atoms with Gasteiger partial charge in [-0.05, 0) is 0 Å². The quantitative estimate of drug-likeness (QED) is 0.269. The predicted octanol–water partition coefficient (Wildman–Crippen LogP) is 1.97. The molecule has 0 aromatic carbocycles. The first-order valence-corrected chi connectivity index (χ1v) is 4.33. The van der Waals surface area contributed by atoms with Gasteiger partial charge in [-0.2, -0.15) is 0 Å². The Labute approximate surface area is 80.8 Å². The fourth-order valence-electron chi connectivity index (χ4n) is 0.828. The van der Waals surface area contributed by atoms with Crippen LogP contribution < -0.4 is 0 Å². The van der Waals surface area contributed by atoms with Crippen LogP contribution >= 0.6 is 0 Å². The van der Waals surface area contributed by atoms with E-state index in [1.165, 1.54) is 0 Å². The van der Waals surface area contributed by atoms with Gasteiger partial charge in [0.15, 0.2) is 0 Å². The van der Waals surface area contributed by atoms with Crippen molar-refractivity contribution in [1.82, 2.24) is 0 Å². The summed E-state index contributed by atoms with van der Waals surface area (Å²) < 4.78 is 0. The molecule has 0 saturated carbocycles. The van der Waals surface area contributed by atoms with Crippen molar-refractivity contribution < 1.29 is 4.79 Å². The fourth-order valence-corrected chi connectivity index (χ4v) is 0.828. The third-order valence-electron chi connectivity index (χ3n) is 1.57. The molecule has 0 amide bonds. The van der Waals surface area contributed by atoms with Crippen LogP contribution in [0.4, 0.5) is 0 Å². The van der Waals surface area contributed by atoms with E-state index >= 15 is 0 Å². The predicted molar refractivity (Wildman–Crippen MR) is 60.1 cm³/mol. The van der Waals surface area contributed by atoms with Crippen LogP contribution in [-0.4, -0.2) is 19.2 Å². The summed E-state index contributed by atoms with van der Waals surface area (Å²) in [7, 11) is 0. The first-order valence-electron chi connectivity index (χ1n) is 4.33. The second-order valence-corrected chi connectivity index (χ2v) is 2.94. The van der Waals surface area contributed by atoms with Crippen LogP contribution in [0.15, 0.2) is 36.4 Å². The topological polar surface area (TPSA) is 17.1 Å². The Bertz CT molecular complexity index is 247. The van der Waals surface area contributed by atoms with Crippen molar-refractivity contribution in [2.24, 2.45) is 5.92 Å². The summed E-state index contributed by atoms with van der Waals surface area (Å²) in [6.45, 7) is 9.59. The van der Waals surface area contributed by atoms with Crippen molar-refractivity contribution in [3.63, 3.8) is 0 Å². The van der Waals surface area contributed by atoms with Crippen molar-refractivity contribution >= 4 is 19.2 Å². The first kappa shape index (κ1) is 11.8. The summed E-state index contributed by atoms with van der Waals surface area (Å²) >= 11 is 0. The van der Waals surface area contributed by atoms with Gasteiger partial charge in [-0.1, -0.05) is 0 Å². The summed E-state index contributed by atoms with van der Waals surface area (Å²) in [4.78, 5) is 10.3. The summed E-state index contributed by atoms with van der Waals surface area (Å²) in [6, 6.07) is 0. The molecule has 0 aliphatic carbocycles.